The fourth-order valence-electron chi connectivity index (χ4n) is 3.88. The monoisotopic (exact) mass is 409 g/mol. The molecule has 0 amide bonds. The summed E-state index contributed by atoms with van der Waals surface area (Å²) in [7, 11) is 0. The number of aromatic nitrogens is 6. The summed E-state index contributed by atoms with van der Waals surface area (Å²) in [6.07, 6.45) is 7.20. The van der Waals surface area contributed by atoms with Crippen molar-refractivity contribution in [2.24, 2.45) is 0 Å². The van der Waals surface area contributed by atoms with Gasteiger partial charge in [0, 0.05) is 41.5 Å². The molecular weight excluding hydrogens is 386 g/mol. The molecule has 0 fully saturated rings. The second-order valence-electron chi connectivity index (χ2n) is 8.44. The Labute approximate surface area is 180 Å². The Kier molecular flexibility index (Phi) is 4.32. The lowest BCUT2D eigenvalue weighted by Gasteiger charge is -2.25. The Balaban J connectivity index is 1.75. The van der Waals surface area contributed by atoms with Gasteiger partial charge < -0.3 is 10.3 Å². The normalized spacial score (nSPS) is 11.8. The molecular formula is C24H23N7. The third kappa shape index (κ3) is 3.34. The van der Waals surface area contributed by atoms with Crippen LogP contribution in [0.2, 0.25) is 0 Å². The van der Waals surface area contributed by atoms with Gasteiger partial charge in [0.1, 0.15) is 5.82 Å². The molecule has 154 valence electrons. The lowest BCUT2D eigenvalue weighted by molar-refractivity contribution is 0.413. The van der Waals surface area contributed by atoms with Gasteiger partial charge in [0.2, 0.25) is 5.95 Å². The number of nitrogen functional groups attached to an aromatic ring is 1. The lowest BCUT2D eigenvalue weighted by atomic mass is 10.1. The Morgan fingerprint density at radius 1 is 0.903 bits per heavy atom. The SMILES string of the molecule is CC(C)(C)n1c(-c2ccccc2-n2cccn2)nc2cc(-c3cnc(N)nc3)ccc21. The fourth-order valence-corrected chi connectivity index (χ4v) is 3.88. The molecule has 2 N–H and O–H groups in total. The molecule has 0 aliphatic rings. The van der Waals surface area contributed by atoms with E-state index in [2.05, 4.69) is 70.7 Å². The number of rotatable bonds is 3. The highest BCUT2D eigenvalue weighted by Gasteiger charge is 2.24. The van der Waals surface area contributed by atoms with Gasteiger partial charge in [0.05, 0.1) is 16.7 Å². The van der Waals surface area contributed by atoms with Crippen LogP contribution >= 0.6 is 0 Å². The molecule has 0 aliphatic heterocycles. The molecule has 0 radical (unpaired) electrons. The number of nitrogens with two attached hydrogens (primary N) is 1. The molecule has 0 bridgehead atoms. The predicted molar refractivity (Wildman–Crippen MR) is 123 cm³/mol. The van der Waals surface area contributed by atoms with E-state index in [-0.39, 0.29) is 11.5 Å². The van der Waals surface area contributed by atoms with E-state index in [1.54, 1.807) is 18.6 Å². The topological polar surface area (TPSA) is 87.4 Å². The molecule has 0 atom stereocenters. The maximum Gasteiger partial charge on any atom is 0.219 e. The van der Waals surface area contributed by atoms with E-state index in [4.69, 9.17) is 10.7 Å². The number of hydrogen-bond acceptors (Lipinski definition) is 5. The molecule has 0 unspecified atom stereocenters. The van der Waals surface area contributed by atoms with Crippen molar-refractivity contribution in [1.29, 1.82) is 0 Å². The Bertz CT molecular complexity index is 1360. The summed E-state index contributed by atoms with van der Waals surface area (Å²) in [6.45, 7) is 6.57. The third-order valence-corrected chi connectivity index (χ3v) is 5.23. The first kappa shape index (κ1) is 19.0. The Hall–Kier alpha value is -4.00. The van der Waals surface area contributed by atoms with Crippen LogP contribution in [0, 0.1) is 0 Å². The standard InChI is InChI=1S/C24H23N7/c1-24(2,3)31-21-10-9-16(17-14-26-23(25)27-15-17)13-19(21)29-22(31)18-7-4-5-8-20(18)30-12-6-11-28-30/h4-15H,1-3H3,(H2,25,26,27). The van der Waals surface area contributed by atoms with Crippen LogP contribution in [0.5, 0.6) is 0 Å². The molecule has 0 aliphatic carbocycles. The zero-order valence-corrected chi connectivity index (χ0v) is 17.7. The number of nitrogens with zero attached hydrogens (tertiary/aromatic N) is 6. The highest BCUT2D eigenvalue weighted by molar-refractivity contribution is 5.86. The van der Waals surface area contributed by atoms with Gasteiger partial charge in [-0.2, -0.15) is 5.10 Å². The molecule has 31 heavy (non-hydrogen) atoms. The average molecular weight is 409 g/mol. The molecule has 0 saturated heterocycles. The predicted octanol–water partition coefficient (Wildman–Crippen LogP) is 4.68. The second kappa shape index (κ2) is 7.05. The van der Waals surface area contributed by atoms with E-state index < -0.39 is 0 Å². The van der Waals surface area contributed by atoms with Crippen LogP contribution in [0.3, 0.4) is 0 Å². The summed E-state index contributed by atoms with van der Waals surface area (Å²) in [5, 5.41) is 4.43. The van der Waals surface area contributed by atoms with Crippen molar-refractivity contribution >= 4 is 17.0 Å². The van der Waals surface area contributed by atoms with Crippen LogP contribution in [0.4, 0.5) is 5.95 Å². The summed E-state index contributed by atoms with van der Waals surface area (Å²) in [4.78, 5) is 13.3. The van der Waals surface area contributed by atoms with E-state index in [0.717, 1.165) is 39.2 Å². The van der Waals surface area contributed by atoms with E-state index in [1.165, 1.54) is 0 Å². The van der Waals surface area contributed by atoms with Gasteiger partial charge in [-0.25, -0.2) is 19.6 Å². The Morgan fingerprint density at radius 2 is 1.68 bits per heavy atom. The highest BCUT2D eigenvalue weighted by atomic mass is 15.3. The van der Waals surface area contributed by atoms with Crippen LogP contribution in [-0.2, 0) is 5.54 Å². The van der Waals surface area contributed by atoms with Gasteiger partial charge in [-0.15, -0.1) is 0 Å². The maximum absolute atomic E-state index is 5.64. The van der Waals surface area contributed by atoms with Crippen LogP contribution < -0.4 is 5.73 Å². The number of para-hydroxylation sites is 1. The van der Waals surface area contributed by atoms with Gasteiger partial charge in [-0.1, -0.05) is 18.2 Å². The molecule has 0 saturated carbocycles. The van der Waals surface area contributed by atoms with Gasteiger partial charge in [0.25, 0.3) is 0 Å². The zero-order chi connectivity index (χ0) is 21.6. The van der Waals surface area contributed by atoms with E-state index in [0.29, 0.717) is 0 Å². The number of fused-ring (bicyclic) bond motifs is 1. The van der Waals surface area contributed by atoms with Crippen molar-refractivity contribution in [3.05, 3.63) is 73.3 Å². The van der Waals surface area contributed by atoms with Crippen molar-refractivity contribution < 1.29 is 0 Å². The van der Waals surface area contributed by atoms with Crippen LogP contribution in [0.15, 0.2) is 73.3 Å². The first-order valence-electron chi connectivity index (χ1n) is 10.1. The first-order valence-corrected chi connectivity index (χ1v) is 10.1. The largest absolute Gasteiger partial charge is 0.368 e. The van der Waals surface area contributed by atoms with Gasteiger partial charge in [-0.3, -0.25) is 0 Å². The van der Waals surface area contributed by atoms with Crippen molar-refractivity contribution in [3.63, 3.8) is 0 Å². The molecule has 3 aromatic heterocycles. The molecule has 5 rings (SSSR count). The maximum atomic E-state index is 5.64. The van der Waals surface area contributed by atoms with E-state index in [9.17, 15) is 0 Å². The summed E-state index contributed by atoms with van der Waals surface area (Å²) >= 11 is 0. The van der Waals surface area contributed by atoms with Gasteiger partial charge in [0.15, 0.2) is 0 Å². The zero-order valence-electron chi connectivity index (χ0n) is 17.7. The lowest BCUT2D eigenvalue weighted by Crippen LogP contribution is -2.23. The van der Waals surface area contributed by atoms with Crippen LogP contribution in [0.25, 0.3) is 39.2 Å². The minimum absolute atomic E-state index is 0.173. The molecule has 3 heterocycles. The number of hydrogen-bond donors (Lipinski definition) is 1. The quantitative estimate of drug-likeness (QED) is 0.467. The van der Waals surface area contributed by atoms with Crippen LogP contribution in [0.1, 0.15) is 20.8 Å². The Morgan fingerprint density at radius 3 is 2.39 bits per heavy atom. The summed E-state index contributed by atoms with van der Waals surface area (Å²) in [6, 6.07) is 16.4. The van der Waals surface area contributed by atoms with Crippen molar-refractivity contribution in [3.8, 4) is 28.2 Å². The highest BCUT2D eigenvalue weighted by Crippen LogP contribution is 2.35. The summed E-state index contributed by atoms with van der Waals surface area (Å²) in [5.41, 5.74) is 11.4. The van der Waals surface area contributed by atoms with Gasteiger partial charge >= 0.3 is 0 Å². The smallest absolute Gasteiger partial charge is 0.219 e. The average Bonchev–Trinajstić information content (AvgIpc) is 3.41. The van der Waals surface area contributed by atoms with Crippen molar-refractivity contribution in [2.75, 3.05) is 5.73 Å². The number of imidazole rings is 1. The minimum Gasteiger partial charge on any atom is -0.368 e. The first-order chi connectivity index (χ1) is 14.9. The molecule has 7 heteroatoms. The molecule has 5 aromatic rings. The third-order valence-electron chi connectivity index (χ3n) is 5.23. The number of anilines is 1. The fraction of sp³-hybridized carbons (Fsp3) is 0.167. The minimum atomic E-state index is -0.173. The van der Waals surface area contributed by atoms with E-state index in [1.807, 2.05) is 29.1 Å². The van der Waals surface area contributed by atoms with Crippen molar-refractivity contribution in [2.45, 2.75) is 26.3 Å². The molecule has 0 spiro atoms. The van der Waals surface area contributed by atoms with Crippen molar-refractivity contribution in [1.82, 2.24) is 29.3 Å². The molecule has 2 aromatic carbocycles. The molecule has 7 nitrogen and oxygen atoms in total. The summed E-state index contributed by atoms with van der Waals surface area (Å²) in [5.74, 6) is 1.17. The van der Waals surface area contributed by atoms with Gasteiger partial charge in [-0.05, 0) is 56.7 Å². The van der Waals surface area contributed by atoms with Crippen LogP contribution in [-0.4, -0.2) is 29.3 Å². The number of benzene rings is 2. The van der Waals surface area contributed by atoms with E-state index >= 15 is 0 Å². The summed E-state index contributed by atoms with van der Waals surface area (Å²) < 4.78 is 4.16. The second-order valence-corrected chi connectivity index (χ2v) is 8.44.